The Balaban J connectivity index is 1.36. The molecule has 3 heterocycles. The zero-order chi connectivity index (χ0) is 29.5. The molecule has 0 fully saturated rings. The molecule has 0 atom stereocenters. The summed E-state index contributed by atoms with van der Waals surface area (Å²) in [6.07, 6.45) is 0. The topological polar surface area (TPSA) is 23.0 Å². The highest BCUT2D eigenvalue weighted by molar-refractivity contribution is 6.14. The first-order chi connectivity index (χ1) is 22.3. The molecule has 3 nitrogen and oxygen atoms in total. The van der Waals surface area contributed by atoms with Crippen LogP contribution in [0.5, 0.6) is 0 Å². The van der Waals surface area contributed by atoms with Crippen LogP contribution >= 0.6 is 0 Å². The summed E-state index contributed by atoms with van der Waals surface area (Å²) in [5.74, 6) is 0. The van der Waals surface area contributed by atoms with Crippen molar-refractivity contribution >= 4 is 65.6 Å². The molecule has 0 saturated carbocycles. The zero-order valence-electron chi connectivity index (χ0n) is 24.3. The van der Waals surface area contributed by atoms with Gasteiger partial charge >= 0.3 is 0 Å². The van der Waals surface area contributed by atoms with Crippen LogP contribution in [0.4, 0.5) is 0 Å². The van der Waals surface area contributed by atoms with Crippen molar-refractivity contribution in [3.8, 4) is 22.5 Å². The molecule has 10 rings (SSSR count). The molecule has 3 heteroatoms. The highest BCUT2D eigenvalue weighted by Gasteiger charge is 2.19. The Morgan fingerprint density at radius 2 is 0.778 bits per heavy atom. The lowest BCUT2D eigenvalue weighted by molar-refractivity contribution is 0.669. The van der Waals surface area contributed by atoms with Gasteiger partial charge in [-0.3, -0.25) is 0 Å². The normalized spacial score (nSPS) is 12.0. The summed E-state index contributed by atoms with van der Waals surface area (Å²) in [6, 6.07) is 56.6. The van der Waals surface area contributed by atoms with Gasteiger partial charge in [0.1, 0.15) is 11.2 Å². The van der Waals surface area contributed by atoms with Crippen molar-refractivity contribution in [3.63, 3.8) is 0 Å². The summed E-state index contributed by atoms with van der Waals surface area (Å²) in [6.45, 7) is 0. The van der Waals surface area contributed by atoms with E-state index in [1.165, 1.54) is 43.6 Å². The van der Waals surface area contributed by atoms with Gasteiger partial charge in [-0.15, -0.1) is 0 Å². The van der Waals surface area contributed by atoms with Crippen molar-refractivity contribution in [2.75, 3.05) is 0 Å². The molecule has 0 radical (unpaired) electrons. The molecule has 0 aliphatic rings. The van der Waals surface area contributed by atoms with Crippen molar-refractivity contribution < 1.29 is 4.42 Å². The third-order valence-electron chi connectivity index (χ3n) is 9.29. The molecule has 0 N–H and O–H groups in total. The van der Waals surface area contributed by atoms with Gasteiger partial charge in [0.2, 0.25) is 0 Å². The van der Waals surface area contributed by atoms with E-state index in [1.54, 1.807) is 0 Å². The predicted octanol–water partition coefficient (Wildman–Crippen LogP) is 11.4. The van der Waals surface area contributed by atoms with Crippen LogP contribution in [0.2, 0.25) is 0 Å². The minimum atomic E-state index is 0.898. The number of nitrogens with zero attached hydrogens (tertiary/aromatic N) is 2. The highest BCUT2D eigenvalue weighted by Crippen LogP contribution is 2.41. The summed E-state index contributed by atoms with van der Waals surface area (Å²) < 4.78 is 11.2. The minimum Gasteiger partial charge on any atom is -0.456 e. The van der Waals surface area contributed by atoms with Gasteiger partial charge in [0.05, 0.1) is 22.1 Å². The number of hydrogen-bond donors (Lipinski definition) is 0. The van der Waals surface area contributed by atoms with E-state index in [4.69, 9.17) is 4.42 Å². The Labute approximate surface area is 258 Å². The predicted molar refractivity (Wildman–Crippen MR) is 188 cm³/mol. The van der Waals surface area contributed by atoms with E-state index < -0.39 is 0 Å². The van der Waals surface area contributed by atoms with Crippen LogP contribution in [-0.4, -0.2) is 9.13 Å². The fraction of sp³-hybridized carbons (Fsp3) is 0. The number of aromatic nitrogens is 2. The van der Waals surface area contributed by atoms with Gasteiger partial charge in [0, 0.05) is 43.7 Å². The molecule has 0 bridgehead atoms. The van der Waals surface area contributed by atoms with Gasteiger partial charge in [-0.1, -0.05) is 103 Å². The van der Waals surface area contributed by atoms with Crippen LogP contribution in [0, 0.1) is 0 Å². The molecule has 0 aliphatic heterocycles. The first-order valence-corrected chi connectivity index (χ1v) is 15.4. The van der Waals surface area contributed by atoms with E-state index in [-0.39, 0.29) is 0 Å². The lowest BCUT2D eigenvalue weighted by Gasteiger charge is -2.16. The monoisotopic (exact) mass is 574 g/mol. The molecule has 210 valence electrons. The molecule has 0 aliphatic carbocycles. The Morgan fingerprint density at radius 3 is 1.29 bits per heavy atom. The summed E-state index contributed by atoms with van der Waals surface area (Å²) >= 11 is 0. The molecule has 10 aromatic rings. The number of fused-ring (bicyclic) bond motifs is 9. The second-order valence-corrected chi connectivity index (χ2v) is 11.8. The zero-order valence-corrected chi connectivity index (χ0v) is 24.3. The van der Waals surface area contributed by atoms with Crippen LogP contribution in [0.3, 0.4) is 0 Å². The fourth-order valence-electron chi connectivity index (χ4n) is 7.43. The molecule has 45 heavy (non-hydrogen) atoms. The third-order valence-corrected chi connectivity index (χ3v) is 9.29. The summed E-state index contributed by atoms with van der Waals surface area (Å²) in [5.41, 5.74) is 11.1. The maximum absolute atomic E-state index is 6.34. The van der Waals surface area contributed by atoms with Crippen molar-refractivity contribution in [3.05, 3.63) is 158 Å². The standard InChI is InChI=1S/C42H26N2O/c1-6-18-36-31(12-1)32-13-2-7-19-37(32)43(36)28-24-27(30-17-11-23-41-42(30)35-16-5-10-22-40(35)45-41)25-29(26-28)44-38-20-8-3-14-33(38)34-15-4-9-21-39(34)44/h1-26H. The summed E-state index contributed by atoms with van der Waals surface area (Å²) in [4.78, 5) is 0. The molecular weight excluding hydrogens is 548 g/mol. The number of benzene rings is 7. The molecule has 0 spiro atoms. The smallest absolute Gasteiger partial charge is 0.136 e. The SMILES string of the molecule is c1ccc2c(c1)oc1cccc(-c3cc(-n4c5ccccc5c5ccccc54)cc(-n4c5ccccc5c5ccccc54)c3)c12. The largest absolute Gasteiger partial charge is 0.456 e. The Hall–Kier alpha value is -6.06. The van der Waals surface area contributed by atoms with Crippen LogP contribution < -0.4 is 0 Å². The van der Waals surface area contributed by atoms with Gasteiger partial charge in [-0.05, 0) is 65.7 Å². The molecule has 7 aromatic carbocycles. The van der Waals surface area contributed by atoms with Crippen LogP contribution in [0.1, 0.15) is 0 Å². The van der Waals surface area contributed by atoms with Crippen molar-refractivity contribution in [1.82, 2.24) is 9.13 Å². The third kappa shape index (κ3) is 3.46. The van der Waals surface area contributed by atoms with Crippen LogP contribution in [-0.2, 0) is 0 Å². The lowest BCUT2D eigenvalue weighted by Crippen LogP contribution is -2.00. The summed E-state index contributed by atoms with van der Waals surface area (Å²) in [7, 11) is 0. The Morgan fingerprint density at radius 1 is 0.356 bits per heavy atom. The number of hydrogen-bond acceptors (Lipinski definition) is 1. The maximum Gasteiger partial charge on any atom is 0.136 e. The lowest BCUT2D eigenvalue weighted by atomic mass is 9.98. The van der Waals surface area contributed by atoms with Crippen LogP contribution in [0.25, 0.3) is 88.1 Å². The first-order valence-electron chi connectivity index (χ1n) is 15.4. The number of para-hydroxylation sites is 5. The van der Waals surface area contributed by atoms with E-state index in [1.807, 2.05) is 6.07 Å². The molecule has 3 aromatic heterocycles. The minimum absolute atomic E-state index is 0.898. The van der Waals surface area contributed by atoms with Crippen LogP contribution in [0.15, 0.2) is 162 Å². The summed E-state index contributed by atoms with van der Waals surface area (Å²) in [5, 5.41) is 7.27. The average Bonchev–Trinajstić information content (AvgIpc) is 3.76. The maximum atomic E-state index is 6.34. The van der Waals surface area contributed by atoms with Gasteiger partial charge in [-0.2, -0.15) is 0 Å². The van der Waals surface area contributed by atoms with Crippen molar-refractivity contribution in [2.45, 2.75) is 0 Å². The van der Waals surface area contributed by atoms with Gasteiger partial charge < -0.3 is 13.6 Å². The first kappa shape index (κ1) is 24.4. The second-order valence-electron chi connectivity index (χ2n) is 11.8. The quantitative estimate of drug-likeness (QED) is 0.206. The molecule has 0 saturated heterocycles. The van der Waals surface area contributed by atoms with Gasteiger partial charge in [0.25, 0.3) is 0 Å². The molecule has 0 amide bonds. The number of furan rings is 1. The van der Waals surface area contributed by atoms with E-state index >= 15 is 0 Å². The number of rotatable bonds is 3. The van der Waals surface area contributed by atoms with Crippen molar-refractivity contribution in [2.24, 2.45) is 0 Å². The van der Waals surface area contributed by atoms with Crippen molar-refractivity contribution in [1.29, 1.82) is 0 Å². The van der Waals surface area contributed by atoms with E-state index in [9.17, 15) is 0 Å². The fourth-order valence-corrected chi connectivity index (χ4v) is 7.43. The second kappa shape index (κ2) is 9.22. The highest BCUT2D eigenvalue weighted by atomic mass is 16.3. The molecular formula is C42H26N2O. The van der Waals surface area contributed by atoms with Gasteiger partial charge in [-0.25, -0.2) is 0 Å². The van der Waals surface area contributed by atoms with E-state index in [0.717, 1.165) is 44.4 Å². The average molecular weight is 575 g/mol. The van der Waals surface area contributed by atoms with Gasteiger partial charge in [0.15, 0.2) is 0 Å². The Kier molecular flexibility index (Phi) is 5.00. The Bertz CT molecular complexity index is 2530. The van der Waals surface area contributed by atoms with E-state index in [0.29, 0.717) is 0 Å². The molecule has 0 unspecified atom stereocenters. The van der Waals surface area contributed by atoms with E-state index in [2.05, 4.69) is 161 Å².